The van der Waals surface area contributed by atoms with Crippen LogP contribution in [0.2, 0.25) is 0 Å². The quantitative estimate of drug-likeness (QED) is 0.844. The van der Waals surface area contributed by atoms with E-state index >= 15 is 0 Å². The van der Waals surface area contributed by atoms with Crippen LogP contribution >= 0.6 is 0 Å². The molecule has 3 atom stereocenters. The number of hydrogen-bond donors (Lipinski definition) is 2. The first-order valence-electron chi connectivity index (χ1n) is 6.37. The number of carboxylic acids is 1. The largest absolute Gasteiger partial charge is 0.480 e. The van der Waals surface area contributed by atoms with Gasteiger partial charge in [-0.3, -0.25) is 10.1 Å². The van der Waals surface area contributed by atoms with Crippen LogP contribution in [0.1, 0.15) is 31.9 Å². The van der Waals surface area contributed by atoms with Crippen molar-refractivity contribution in [3.63, 3.8) is 0 Å². The summed E-state index contributed by atoms with van der Waals surface area (Å²) in [6.07, 6.45) is -4.08. The molecule has 0 bridgehead atoms. The highest BCUT2D eigenvalue weighted by Crippen LogP contribution is 2.33. The number of nitrogens with one attached hydrogen (secondary N) is 1. The Hall–Kier alpha value is -1.56. The van der Waals surface area contributed by atoms with Crippen molar-refractivity contribution in [2.24, 2.45) is 5.92 Å². The minimum absolute atomic E-state index is 0.00885. The third-order valence-corrected chi connectivity index (χ3v) is 3.29. The van der Waals surface area contributed by atoms with Gasteiger partial charge in [0.05, 0.1) is 0 Å². The molecule has 1 unspecified atom stereocenters. The molecule has 0 aromatic heterocycles. The van der Waals surface area contributed by atoms with Gasteiger partial charge >= 0.3 is 12.1 Å². The predicted molar refractivity (Wildman–Crippen MR) is 69.3 cm³/mol. The van der Waals surface area contributed by atoms with Crippen LogP contribution in [0.15, 0.2) is 30.3 Å². The molecule has 1 rings (SSSR count). The van der Waals surface area contributed by atoms with E-state index in [9.17, 15) is 18.0 Å². The number of carbonyl (C=O) groups is 1. The molecule has 1 aromatic rings. The van der Waals surface area contributed by atoms with E-state index in [1.807, 2.05) is 0 Å². The van der Waals surface area contributed by atoms with Crippen molar-refractivity contribution in [1.29, 1.82) is 0 Å². The van der Waals surface area contributed by atoms with Crippen LogP contribution in [0.5, 0.6) is 0 Å². The highest BCUT2D eigenvalue weighted by atomic mass is 19.4. The van der Waals surface area contributed by atoms with Gasteiger partial charge in [-0.2, -0.15) is 13.2 Å². The van der Waals surface area contributed by atoms with Crippen molar-refractivity contribution < 1.29 is 23.1 Å². The summed E-state index contributed by atoms with van der Waals surface area (Å²) in [5, 5.41) is 11.3. The first-order chi connectivity index (χ1) is 9.27. The number of benzene rings is 1. The van der Waals surface area contributed by atoms with Crippen molar-refractivity contribution in [2.75, 3.05) is 0 Å². The predicted octanol–water partition coefficient (Wildman–Crippen LogP) is 3.38. The molecule has 0 aliphatic heterocycles. The summed E-state index contributed by atoms with van der Waals surface area (Å²) in [4.78, 5) is 11.2. The number of halogens is 3. The molecule has 0 heterocycles. The van der Waals surface area contributed by atoms with E-state index in [0.717, 1.165) is 0 Å². The van der Waals surface area contributed by atoms with E-state index < -0.39 is 30.1 Å². The van der Waals surface area contributed by atoms with E-state index in [2.05, 4.69) is 5.32 Å². The van der Waals surface area contributed by atoms with Crippen LogP contribution in [0.3, 0.4) is 0 Å². The zero-order valence-corrected chi connectivity index (χ0v) is 11.3. The maximum Gasteiger partial charge on any atom is 0.407 e. The lowest BCUT2D eigenvalue weighted by molar-refractivity contribution is -0.164. The highest BCUT2D eigenvalue weighted by molar-refractivity contribution is 5.73. The van der Waals surface area contributed by atoms with Gasteiger partial charge in [-0.25, -0.2) is 0 Å². The third-order valence-electron chi connectivity index (χ3n) is 3.29. The van der Waals surface area contributed by atoms with Gasteiger partial charge in [0.15, 0.2) is 0 Å². The van der Waals surface area contributed by atoms with E-state index in [1.54, 1.807) is 19.9 Å². The maximum atomic E-state index is 13.1. The number of aliphatic carboxylic acids is 1. The van der Waals surface area contributed by atoms with Gasteiger partial charge in [0.1, 0.15) is 12.1 Å². The maximum absolute atomic E-state index is 13.1. The first-order valence-corrected chi connectivity index (χ1v) is 6.37. The van der Waals surface area contributed by atoms with Gasteiger partial charge in [0, 0.05) is 0 Å². The molecule has 2 N–H and O–H groups in total. The molecule has 6 heteroatoms. The second kappa shape index (κ2) is 6.74. The van der Waals surface area contributed by atoms with Gasteiger partial charge in [0.25, 0.3) is 0 Å². The van der Waals surface area contributed by atoms with E-state index in [0.29, 0.717) is 6.42 Å². The molecular formula is C14H18F3NO2. The lowest BCUT2D eigenvalue weighted by atomic mass is 9.96. The SMILES string of the molecule is CCC(C)[C@H](N[C@@H](c1ccccc1)C(F)(F)F)C(=O)O. The second-order valence-corrected chi connectivity index (χ2v) is 4.75. The van der Waals surface area contributed by atoms with Crippen molar-refractivity contribution in [2.45, 2.75) is 38.5 Å². The zero-order valence-electron chi connectivity index (χ0n) is 11.3. The lowest BCUT2D eigenvalue weighted by Crippen LogP contribution is -2.47. The number of carboxylic acid groups (broad SMARTS) is 1. The van der Waals surface area contributed by atoms with Crippen molar-refractivity contribution in [1.82, 2.24) is 5.32 Å². The summed E-state index contributed by atoms with van der Waals surface area (Å²) in [5.41, 5.74) is 0.00885. The molecule has 112 valence electrons. The Morgan fingerprint density at radius 2 is 1.85 bits per heavy atom. The van der Waals surface area contributed by atoms with Crippen molar-refractivity contribution >= 4 is 5.97 Å². The molecule has 0 saturated carbocycles. The smallest absolute Gasteiger partial charge is 0.407 e. The summed E-state index contributed by atoms with van der Waals surface area (Å²) in [7, 11) is 0. The zero-order chi connectivity index (χ0) is 15.3. The molecule has 3 nitrogen and oxygen atoms in total. The molecule has 0 radical (unpaired) electrons. The molecule has 0 aliphatic carbocycles. The topological polar surface area (TPSA) is 49.3 Å². The van der Waals surface area contributed by atoms with E-state index in [-0.39, 0.29) is 5.56 Å². The molecule has 0 fully saturated rings. The Balaban J connectivity index is 3.04. The highest BCUT2D eigenvalue weighted by Gasteiger charge is 2.43. The number of hydrogen-bond acceptors (Lipinski definition) is 2. The number of rotatable bonds is 6. The monoisotopic (exact) mass is 289 g/mol. The molecular weight excluding hydrogens is 271 g/mol. The molecule has 0 aliphatic rings. The van der Waals surface area contributed by atoms with Crippen molar-refractivity contribution in [3.05, 3.63) is 35.9 Å². The van der Waals surface area contributed by atoms with Crippen LogP contribution in [-0.2, 0) is 4.79 Å². The molecule has 0 saturated heterocycles. The second-order valence-electron chi connectivity index (χ2n) is 4.75. The van der Waals surface area contributed by atoms with Crippen LogP contribution < -0.4 is 5.32 Å². The summed E-state index contributed by atoms with van der Waals surface area (Å²) in [6, 6.07) is 4.04. The molecule has 0 amide bonds. The minimum Gasteiger partial charge on any atom is -0.480 e. The van der Waals surface area contributed by atoms with Gasteiger partial charge < -0.3 is 5.11 Å². The minimum atomic E-state index is -4.55. The molecule has 20 heavy (non-hydrogen) atoms. The Kier molecular flexibility index (Phi) is 5.56. The normalized spacial score (nSPS) is 16.4. The van der Waals surface area contributed by atoms with Gasteiger partial charge in [0.2, 0.25) is 0 Å². The van der Waals surface area contributed by atoms with Gasteiger partial charge in [-0.15, -0.1) is 0 Å². The average molecular weight is 289 g/mol. The van der Waals surface area contributed by atoms with Crippen LogP contribution in [0.25, 0.3) is 0 Å². The van der Waals surface area contributed by atoms with Gasteiger partial charge in [-0.05, 0) is 11.5 Å². The van der Waals surface area contributed by atoms with Crippen LogP contribution in [-0.4, -0.2) is 23.3 Å². The number of alkyl halides is 3. The Bertz CT molecular complexity index is 434. The fraction of sp³-hybridized carbons (Fsp3) is 0.500. The first kappa shape index (κ1) is 16.5. The Morgan fingerprint density at radius 1 is 1.30 bits per heavy atom. The summed E-state index contributed by atoms with van der Waals surface area (Å²) < 4.78 is 39.4. The third kappa shape index (κ3) is 4.23. The fourth-order valence-corrected chi connectivity index (χ4v) is 1.92. The summed E-state index contributed by atoms with van der Waals surface area (Å²) in [6.45, 7) is 3.36. The molecule has 0 spiro atoms. The van der Waals surface area contributed by atoms with Crippen LogP contribution in [0, 0.1) is 5.92 Å². The van der Waals surface area contributed by atoms with Crippen molar-refractivity contribution in [3.8, 4) is 0 Å². The van der Waals surface area contributed by atoms with Crippen LogP contribution in [0.4, 0.5) is 13.2 Å². The average Bonchev–Trinajstić information content (AvgIpc) is 2.38. The molecule has 1 aromatic carbocycles. The lowest BCUT2D eigenvalue weighted by Gasteiger charge is -2.28. The van der Waals surface area contributed by atoms with E-state index in [4.69, 9.17) is 5.11 Å². The summed E-state index contributed by atoms with van der Waals surface area (Å²) in [5.74, 6) is -1.68. The Labute approximate surface area is 115 Å². The standard InChI is InChI=1S/C14H18F3NO2/c1-3-9(2)11(13(19)20)18-12(14(15,16)17)10-7-5-4-6-8-10/h4-9,11-12,18H,3H2,1-2H3,(H,19,20)/t9?,11-,12-/m0/s1. The van der Waals surface area contributed by atoms with Gasteiger partial charge in [-0.1, -0.05) is 50.6 Å². The fourth-order valence-electron chi connectivity index (χ4n) is 1.92. The Morgan fingerprint density at radius 3 is 2.25 bits per heavy atom. The van der Waals surface area contributed by atoms with E-state index in [1.165, 1.54) is 24.3 Å². The summed E-state index contributed by atoms with van der Waals surface area (Å²) >= 11 is 0.